The van der Waals surface area contributed by atoms with Crippen LogP contribution in [0.3, 0.4) is 0 Å². The zero-order chi connectivity index (χ0) is 14.3. The zero-order valence-electron chi connectivity index (χ0n) is 10.8. The summed E-state index contributed by atoms with van der Waals surface area (Å²) in [7, 11) is 0. The molecule has 0 saturated heterocycles. The maximum Gasteiger partial charge on any atom is 0.339 e. The van der Waals surface area contributed by atoms with Crippen molar-refractivity contribution in [3.8, 4) is 5.75 Å². The summed E-state index contributed by atoms with van der Waals surface area (Å²) in [4.78, 5) is 10.8. The number of nitrogens with zero attached hydrogens (tertiary/aromatic N) is 2. The summed E-state index contributed by atoms with van der Waals surface area (Å²) in [5.74, 6) is -0.687. The lowest BCUT2D eigenvalue weighted by molar-refractivity contribution is 0.0693. The van der Waals surface area contributed by atoms with Crippen molar-refractivity contribution in [2.45, 2.75) is 13.3 Å². The zero-order valence-corrected chi connectivity index (χ0v) is 12.4. The fraction of sp³-hybridized carbons (Fsp3) is 0.250. The van der Waals surface area contributed by atoms with Gasteiger partial charge in [0.1, 0.15) is 11.3 Å². The number of amidine groups is 1. The second kappa shape index (κ2) is 9.22. The van der Waals surface area contributed by atoms with Gasteiger partial charge in [0.05, 0.1) is 6.21 Å². The van der Waals surface area contributed by atoms with Crippen molar-refractivity contribution in [1.29, 1.82) is 0 Å². The van der Waals surface area contributed by atoms with E-state index in [1.807, 2.05) is 6.92 Å². The number of carbonyl (C=O) groups is 1. The van der Waals surface area contributed by atoms with Gasteiger partial charge in [-0.2, -0.15) is 5.10 Å². The summed E-state index contributed by atoms with van der Waals surface area (Å²) in [6.07, 6.45) is 2.24. The molecule has 8 heteroatoms. The Labute approximate surface area is 127 Å². The molecule has 0 aliphatic rings. The molecule has 0 atom stereocenters. The van der Waals surface area contributed by atoms with Gasteiger partial charge in [-0.25, -0.2) is 4.79 Å². The number of carboxylic acids is 1. The Kier molecular flexibility index (Phi) is 8.42. The predicted octanol–water partition coefficient (Wildman–Crippen LogP) is 2.30. The van der Waals surface area contributed by atoms with Crippen molar-refractivity contribution in [1.82, 2.24) is 0 Å². The number of nitrogens with two attached hydrogens (primary N) is 1. The van der Waals surface area contributed by atoms with Crippen LogP contribution < -0.4 is 5.73 Å². The van der Waals surface area contributed by atoms with E-state index in [-0.39, 0.29) is 29.3 Å². The van der Waals surface area contributed by atoms with E-state index in [4.69, 9.17) is 10.8 Å². The summed E-state index contributed by atoms with van der Waals surface area (Å²) < 4.78 is 0. The minimum atomic E-state index is -1.20. The van der Waals surface area contributed by atoms with Crippen LogP contribution >= 0.6 is 24.2 Å². The molecule has 1 aromatic carbocycles. The number of hydrogen-bond donors (Lipinski definition) is 3. The molecule has 0 radical (unpaired) electrons. The van der Waals surface area contributed by atoms with Crippen LogP contribution in [0.5, 0.6) is 5.75 Å². The highest BCUT2D eigenvalue weighted by Crippen LogP contribution is 2.20. The standard InChI is InChI=1S/C12H15N3O3S.ClH/c1-2-6-19-12(13)15-14-7-8-4-3-5-9(10(8)16)11(17)18;/h3-5,7,16H,2,6H2,1H3,(H2,13,15)(H,17,18);1H. The first kappa shape index (κ1) is 18.3. The molecule has 0 spiro atoms. The lowest BCUT2D eigenvalue weighted by Crippen LogP contribution is -2.06. The molecule has 0 heterocycles. The van der Waals surface area contributed by atoms with Gasteiger partial charge in [-0.15, -0.1) is 17.5 Å². The van der Waals surface area contributed by atoms with Crippen LogP contribution in [0, 0.1) is 0 Å². The van der Waals surface area contributed by atoms with E-state index in [9.17, 15) is 9.90 Å². The lowest BCUT2D eigenvalue weighted by Gasteiger charge is -2.01. The molecule has 6 nitrogen and oxygen atoms in total. The minimum absolute atomic E-state index is 0. The summed E-state index contributed by atoms with van der Waals surface area (Å²) in [5, 5.41) is 26.3. The fourth-order valence-corrected chi connectivity index (χ4v) is 1.74. The number of hydrogen-bond acceptors (Lipinski definition) is 5. The average molecular weight is 318 g/mol. The van der Waals surface area contributed by atoms with Crippen molar-refractivity contribution in [3.63, 3.8) is 0 Å². The number of halogens is 1. The van der Waals surface area contributed by atoms with Gasteiger partial charge < -0.3 is 15.9 Å². The van der Waals surface area contributed by atoms with Crippen molar-refractivity contribution in [3.05, 3.63) is 29.3 Å². The number of para-hydroxylation sites is 1. The smallest absolute Gasteiger partial charge is 0.339 e. The number of aromatic carboxylic acids is 1. The fourth-order valence-electron chi connectivity index (χ4n) is 1.22. The molecule has 1 aromatic rings. The highest BCUT2D eigenvalue weighted by molar-refractivity contribution is 8.13. The van der Waals surface area contributed by atoms with Crippen LogP contribution in [0.1, 0.15) is 29.3 Å². The van der Waals surface area contributed by atoms with Crippen molar-refractivity contribution in [2.75, 3.05) is 5.75 Å². The highest BCUT2D eigenvalue weighted by atomic mass is 35.5. The molecule has 4 N–H and O–H groups in total. The van der Waals surface area contributed by atoms with Crippen molar-refractivity contribution in [2.24, 2.45) is 15.9 Å². The van der Waals surface area contributed by atoms with E-state index in [1.54, 1.807) is 0 Å². The van der Waals surface area contributed by atoms with Crippen molar-refractivity contribution >= 4 is 41.5 Å². The van der Waals surface area contributed by atoms with E-state index in [2.05, 4.69) is 10.2 Å². The predicted molar refractivity (Wildman–Crippen MR) is 84.3 cm³/mol. The van der Waals surface area contributed by atoms with Crippen LogP contribution in [0.2, 0.25) is 0 Å². The normalized spacial score (nSPS) is 11.3. The highest BCUT2D eigenvalue weighted by Gasteiger charge is 2.11. The molecule has 110 valence electrons. The van der Waals surface area contributed by atoms with Crippen LogP contribution in [0.15, 0.2) is 28.4 Å². The molecule has 0 amide bonds. The number of benzene rings is 1. The van der Waals surface area contributed by atoms with Gasteiger partial charge in [0.15, 0.2) is 5.17 Å². The third kappa shape index (κ3) is 5.50. The summed E-state index contributed by atoms with van der Waals surface area (Å²) in [5.41, 5.74) is 5.68. The third-order valence-electron chi connectivity index (χ3n) is 2.10. The van der Waals surface area contributed by atoms with E-state index < -0.39 is 5.97 Å². The minimum Gasteiger partial charge on any atom is -0.506 e. The summed E-state index contributed by atoms with van der Waals surface area (Å²) in [6, 6.07) is 4.36. The van der Waals surface area contributed by atoms with Crippen LogP contribution in [0.4, 0.5) is 0 Å². The Hall–Kier alpha value is -1.73. The molecule has 0 fully saturated rings. The van der Waals surface area contributed by atoms with E-state index >= 15 is 0 Å². The van der Waals surface area contributed by atoms with E-state index in [0.717, 1.165) is 12.2 Å². The van der Waals surface area contributed by atoms with Gasteiger partial charge in [0.25, 0.3) is 0 Å². The van der Waals surface area contributed by atoms with Crippen LogP contribution in [-0.2, 0) is 0 Å². The maximum absolute atomic E-state index is 10.8. The monoisotopic (exact) mass is 317 g/mol. The average Bonchev–Trinajstić information content (AvgIpc) is 2.38. The molecular formula is C12H16ClN3O3S. The maximum atomic E-state index is 10.8. The van der Waals surface area contributed by atoms with Gasteiger partial charge in [0, 0.05) is 11.3 Å². The summed E-state index contributed by atoms with van der Waals surface area (Å²) in [6.45, 7) is 2.03. The van der Waals surface area contributed by atoms with Gasteiger partial charge in [-0.05, 0) is 18.6 Å². The molecule has 0 bridgehead atoms. The van der Waals surface area contributed by atoms with Gasteiger partial charge >= 0.3 is 5.97 Å². The van der Waals surface area contributed by atoms with Crippen LogP contribution in [-0.4, -0.2) is 33.3 Å². The number of phenols is 1. The van der Waals surface area contributed by atoms with E-state index in [0.29, 0.717) is 5.17 Å². The molecular weight excluding hydrogens is 302 g/mol. The Morgan fingerprint density at radius 2 is 2.20 bits per heavy atom. The quantitative estimate of drug-likeness (QED) is 0.438. The van der Waals surface area contributed by atoms with Gasteiger partial charge in [0.2, 0.25) is 0 Å². The Bertz CT molecular complexity index is 521. The molecule has 20 heavy (non-hydrogen) atoms. The largest absolute Gasteiger partial charge is 0.506 e. The van der Waals surface area contributed by atoms with Crippen molar-refractivity contribution < 1.29 is 15.0 Å². The molecule has 0 aliphatic carbocycles. The molecule has 1 rings (SSSR count). The summed E-state index contributed by atoms with van der Waals surface area (Å²) >= 11 is 1.38. The van der Waals surface area contributed by atoms with Crippen LogP contribution in [0.25, 0.3) is 0 Å². The molecule has 0 saturated carbocycles. The molecule has 0 aromatic heterocycles. The second-order valence-corrected chi connectivity index (χ2v) is 4.70. The molecule has 0 unspecified atom stereocenters. The Balaban J connectivity index is 0.00000361. The number of rotatable bonds is 5. The SMILES string of the molecule is CCCS/C(N)=N\N=Cc1cccc(C(=O)O)c1O.Cl. The number of carboxylic acid groups (broad SMARTS) is 1. The topological polar surface area (TPSA) is 108 Å². The Morgan fingerprint density at radius 1 is 1.50 bits per heavy atom. The van der Waals surface area contributed by atoms with E-state index in [1.165, 1.54) is 36.2 Å². The second-order valence-electron chi connectivity index (χ2n) is 3.58. The number of aromatic hydroxyl groups is 1. The number of thioether (sulfide) groups is 1. The Morgan fingerprint density at radius 3 is 2.80 bits per heavy atom. The first-order valence-corrected chi connectivity index (χ1v) is 6.59. The van der Waals surface area contributed by atoms with Gasteiger partial charge in [-0.3, -0.25) is 0 Å². The molecule has 0 aliphatic heterocycles. The van der Waals surface area contributed by atoms with Gasteiger partial charge in [-0.1, -0.05) is 24.8 Å². The first-order valence-electron chi connectivity index (χ1n) is 5.60. The first-order chi connectivity index (χ1) is 9.06. The lowest BCUT2D eigenvalue weighted by atomic mass is 10.1. The third-order valence-corrected chi connectivity index (χ3v) is 3.09.